The minimum absolute atomic E-state index is 0.203. The molecule has 22 heavy (non-hydrogen) atoms. The highest BCUT2D eigenvalue weighted by atomic mass is 16.6. The number of carbonyl (C=O) groups excluding carboxylic acids is 2. The summed E-state index contributed by atoms with van der Waals surface area (Å²) in [6, 6.07) is 10.8. The number of piperazine rings is 1. The molecule has 114 valence electrons. The Morgan fingerprint density at radius 2 is 1.82 bits per heavy atom. The molecule has 1 saturated heterocycles. The fourth-order valence-electron chi connectivity index (χ4n) is 2.60. The number of ether oxygens (including phenoxy) is 1. The van der Waals surface area contributed by atoms with Crippen LogP contribution < -0.4 is 15.8 Å². The number of primary amides is 1. The summed E-state index contributed by atoms with van der Waals surface area (Å²) < 4.78 is 5.41. The third-order valence-corrected chi connectivity index (χ3v) is 3.71. The molecule has 6 heteroatoms. The van der Waals surface area contributed by atoms with E-state index in [2.05, 4.69) is 5.32 Å². The van der Waals surface area contributed by atoms with Crippen molar-refractivity contribution in [2.45, 2.75) is 0 Å². The van der Waals surface area contributed by atoms with Gasteiger partial charge in [-0.25, -0.2) is 4.79 Å². The zero-order chi connectivity index (χ0) is 15.5. The first-order chi connectivity index (χ1) is 10.7. The van der Waals surface area contributed by atoms with E-state index in [1.165, 1.54) is 0 Å². The molecule has 0 unspecified atom stereocenters. The number of fused-ring (bicyclic) bond motifs is 1. The maximum Gasteiger partial charge on any atom is 0.415 e. The molecule has 6 nitrogen and oxygen atoms in total. The van der Waals surface area contributed by atoms with Crippen molar-refractivity contribution in [3.8, 4) is 5.75 Å². The fraction of sp³-hybridized carbons (Fsp3) is 0.250. The van der Waals surface area contributed by atoms with Gasteiger partial charge in [0.25, 0.3) is 5.91 Å². The summed E-state index contributed by atoms with van der Waals surface area (Å²) in [7, 11) is 0. The second kappa shape index (κ2) is 6.03. The molecule has 0 aliphatic carbocycles. The van der Waals surface area contributed by atoms with E-state index in [0.717, 1.165) is 18.5 Å². The van der Waals surface area contributed by atoms with Crippen LogP contribution in [0.5, 0.6) is 5.75 Å². The van der Waals surface area contributed by atoms with E-state index in [-0.39, 0.29) is 11.3 Å². The number of benzene rings is 2. The van der Waals surface area contributed by atoms with Crippen molar-refractivity contribution in [3.63, 3.8) is 0 Å². The molecule has 2 aromatic carbocycles. The molecule has 0 bridgehead atoms. The van der Waals surface area contributed by atoms with Crippen molar-refractivity contribution in [2.75, 3.05) is 26.2 Å². The van der Waals surface area contributed by atoms with E-state index < -0.39 is 12.0 Å². The minimum Gasteiger partial charge on any atom is -0.409 e. The summed E-state index contributed by atoms with van der Waals surface area (Å²) >= 11 is 0. The van der Waals surface area contributed by atoms with Gasteiger partial charge in [-0.05, 0) is 16.8 Å². The third kappa shape index (κ3) is 2.73. The quantitative estimate of drug-likeness (QED) is 0.876. The number of hydrogen-bond acceptors (Lipinski definition) is 4. The Kier molecular flexibility index (Phi) is 3.93. The summed E-state index contributed by atoms with van der Waals surface area (Å²) in [5, 5.41) is 4.72. The van der Waals surface area contributed by atoms with Gasteiger partial charge in [-0.1, -0.05) is 30.3 Å². The summed E-state index contributed by atoms with van der Waals surface area (Å²) in [6.45, 7) is 2.63. The van der Waals surface area contributed by atoms with Crippen molar-refractivity contribution >= 4 is 22.8 Å². The van der Waals surface area contributed by atoms with Gasteiger partial charge in [0.1, 0.15) is 5.75 Å². The van der Waals surface area contributed by atoms with Crippen molar-refractivity contribution in [3.05, 3.63) is 42.0 Å². The number of nitrogens with one attached hydrogen (secondary N) is 1. The molecule has 1 fully saturated rings. The van der Waals surface area contributed by atoms with Gasteiger partial charge in [-0.3, -0.25) is 4.79 Å². The zero-order valence-corrected chi connectivity index (χ0v) is 12.0. The Morgan fingerprint density at radius 3 is 2.55 bits per heavy atom. The molecule has 0 aromatic heterocycles. The van der Waals surface area contributed by atoms with Crippen LogP contribution in [0.4, 0.5) is 4.79 Å². The van der Waals surface area contributed by atoms with E-state index in [4.69, 9.17) is 10.5 Å². The Morgan fingerprint density at radius 1 is 1.09 bits per heavy atom. The molecule has 3 rings (SSSR count). The van der Waals surface area contributed by atoms with Crippen LogP contribution in [-0.4, -0.2) is 43.1 Å². The minimum atomic E-state index is -0.611. The van der Waals surface area contributed by atoms with Crippen LogP contribution in [0, 0.1) is 0 Å². The molecule has 2 aromatic rings. The SMILES string of the molecule is NC(=O)c1c(OC(=O)N2CCNCC2)ccc2ccccc12. The normalized spacial score (nSPS) is 14.8. The molecule has 0 spiro atoms. The van der Waals surface area contributed by atoms with Gasteiger partial charge < -0.3 is 20.7 Å². The average Bonchev–Trinajstić information content (AvgIpc) is 2.55. The zero-order valence-electron chi connectivity index (χ0n) is 12.0. The largest absolute Gasteiger partial charge is 0.415 e. The summed E-state index contributed by atoms with van der Waals surface area (Å²) in [4.78, 5) is 25.6. The Labute approximate surface area is 127 Å². The van der Waals surface area contributed by atoms with E-state index in [9.17, 15) is 9.59 Å². The topological polar surface area (TPSA) is 84.7 Å². The molecule has 0 atom stereocenters. The van der Waals surface area contributed by atoms with E-state index in [0.29, 0.717) is 18.5 Å². The maximum atomic E-state index is 12.2. The summed E-state index contributed by atoms with van der Waals surface area (Å²) in [6.07, 6.45) is -0.459. The predicted octanol–water partition coefficient (Wildman–Crippen LogP) is 1.34. The van der Waals surface area contributed by atoms with Gasteiger partial charge in [0.15, 0.2) is 0 Å². The van der Waals surface area contributed by atoms with Gasteiger partial charge in [0.05, 0.1) is 5.56 Å². The van der Waals surface area contributed by atoms with Crippen LogP contribution in [0.2, 0.25) is 0 Å². The number of carbonyl (C=O) groups is 2. The number of nitrogens with two attached hydrogens (primary N) is 1. The second-order valence-electron chi connectivity index (χ2n) is 5.13. The van der Waals surface area contributed by atoms with Gasteiger partial charge in [-0.2, -0.15) is 0 Å². The van der Waals surface area contributed by atoms with Crippen LogP contribution >= 0.6 is 0 Å². The summed E-state index contributed by atoms with van der Waals surface area (Å²) in [5.41, 5.74) is 5.72. The van der Waals surface area contributed by atoms with Gasteiger partial charge in [0.2, 0.25) is 0 Å². The number of rotatable bonds is 2. The first-order valence-corrected chi connectivity index (χ1v) is 7.16. The lowest BCUT2D eigenvalue weighted by Crippen LogP contribution is -2.47. The molecule has 0 radical (unpaired) electrons. The molecule has 1 heterocycles. The first-order valence-electron chi connectivity index (χ1n) is 7.16. The highest BCUT2D eigenvalue weighted by Crippen LogP contribution is 2.28. The van der Waals surface area contributed by atoms with Crippen LogP contribution in [0.3, 0.4) is 0 Å². The van der Waals surface area contributed by atoms with E-state index >= 15 is 0 Å². The van der Waals surface area contributed by atoms with Crippen molar-refractivity contribution in [2.24, 2.45) is 5.73 Å². The fourth-order valence-corrected chi connectivity index (χ4v) is 2.60. The number of nitrogens with zero attached hydrogens (tertiary/aromatic N) is 1. The standard InChI is InChI=1S/C16H17N3O3/c17-15(20)14-12-4-2-1-3-11(12)5-6-13(14)22-16(21)19-9-7-18-8-10-19/h1-6,18H,7-10H2,(H2,17,20). The first kappa shape index (κ1) is 14.3. The molecule has 1 aliphatic heterocycles. The third-order valence-electron chi connectivity index (χ3n) is 3.71. The second-order valence-corrected chi connectivity index (χ2v) is 5.13. The van der Waals surface area contributed by atoms with Crippen molar-refractivity contribution in [1.29, 1.82) is 0 Å². The Hall–Kier alpha value is -2.60. The van der Waals surface area contributed by atoms with Crippen molar-refractivity contribution in [1.82, 2.24) is 10.2 Å². The Bertz CT molecular complexity index is 724. The highest BCUT2D eigenvalue weighted by molar-refractivity contribution is 6.09. The van der Waals surface area contributed by atoms with Gasteiger partial charge >= 0.3 is 6.09 Å². The van der Waals surface area contributed by atoms with Crippen molar-refractivity contribution < 1.29 is 14.3 Å². The number of hydrogen-bond donors (Lipinski definition) is 2. The van der Waals surface area contributed by atoms with Crippen LogP contribution in [-0.2, 0) is 0 Å². The number of amides is 2. The molecule has 2 amide bonds. The van der Waals surface area contributed by atoms with Crippen LogP contribution in [0.1, 0.15) is 10.4 Å². The predicted molar refractivity (Wildman–Crippen MR) is 82.9 cm³/mol. The highest BCUT2D eigenvalue weighted by Gasteiger charge is 2.21. The molecular weight excluding hydrogens is 282 g/mol. The lowest BCUT2D eigenvalue weighted by Gasteiger charge is -2.26. The van der Waals surface area contributed by atoms with Gasteiger partial charge in [-0.15, -0.1) is 0 Å². The lowest BCUT2D eigenvalue weighted by atomic mass is 10.0. The Balaban J connectivity index is 1.94. The molecule has 0 saturated carbocycles. The molecule has 1 aliphatic rings. The lowest BCUT2D eigenvalue weighted by molar-refractivity contribution is 0.0998. The van der Waals surface area contributed by atoms with Gasteiger partial charge in [0, 0.05) is 26.2 Å². The van der Waals surface area contributed by atoms with Crippen LogP contribution in [0.25, 0.3) is 10.8 Å². The summed E-state index contributed by atoms with van der Waals surface area (Å²) in [5.74, 6) is -0.408. The average molecular weight is 299 g/mol. The monoisotopic (exact) mass is 299 g/mol. The van der Waals surface area contributed by atoms with E-state index in [1.54, 1.807) is 17.0 Å². The maximum absolute atomic E-state index is 12.2. The van der Waals surface area contributed by atoms with E-state index in [1.807, 2.05) is 24.3 Å². The smallest absolute Gasteiger partial charge is 0.409 e. The molecule has 3 N–H and O–H groups in total. The van der Waals surface area contributed by atoms with Crippen LogP contribution in [0.15, 0.2) is 36.4 Å². The molecular formula is C16H17N3O3.